The minimum Gasteiger partial charge on any atom is -0.469 e. The van der Waals surface area contributed by atoms with Crippen LogP contribution in [0.4, 0.5) is 0 Å². The molecule has 0 aliphatic carbocycles. The van der Waals surface area contributed by atoms with Crippen LogP contribution < -0.4 is 11.1 Å². The van der Waals surface area contributed by atoms with Gasteiger partial charge in [0.05, 0.1) is 19.1 Å². The molecule has 1 unspecified atom stereocenters. The molecule has 0 aliphatic rings. The van der Waals surface area contributed by atoms with E-state index in [0.717, 1.165) is 5.75 Å². The molecular formula is C10H20N2O3S. The van der Waals surface area contributed by atoms with Gasteiger partial charge in [0.25, 0.3) is 0 Å². The van der Waals surface area contributed by atoms with Crippen LogP contribution in [0.2, 0.25) is 0 Å². The summed E-state index contributed by atoms with van der Waals surface area (Å²) in [5, 5.41) is 2.63. The zero-order valence-corrected chi connectivity index (χ0v) is 10.8. The summed E-state index contributed by atoms with van der Waals surface area (Å²) < 4.78 is 4.54. The zero-order valence-electron chi connectivity index (χ0n) is 9.99. The number of nitrogens with one attached hydrogen (secondary N) is 1. The van der Waals surface area contributed by atoms with E-state index in [1.807, 2.05) is 6.26 Å². The topological polar surface area (TPSA) is 81.4 Å². The number of hydrogen-bond donors (Lipinski definition) is 2. The Morgan fingerprint density at radius 3 is 2.62 bits per heavy atom. The average Bonchev–Trinajstić information content (AvgIpc) is 2.31. The van der Waals surface area contributed by atoms with Gasteiger partial charge in [-0.25, -0.2) is 0 Å². The summed E-state index contributed by atoms with van der Waals surface area (Å²) in [6, 6.07) is -0.503. The van der Waals surface area contributed by atoms with E-state index in [1.54, 1.807) is 18.7 Å². The number of thioether (sulfide) groups is 1. The number of esters is 1. The number of carbonyl (C=O) groups excluding carboxylic acids is 2. The first-order chi connectivity index (χ1) is 7.52. The maximum atomic E-state index is 11.5. The summed E-state index contributed by atoms with van der Waals surface area (Å²) in [6.45, 7) is 1.96. The Balaban J connectivity index is 3.83. The Morgan fingerprint density at radius 1 is 1.50 bits per heavy atom. The van der Waals surface area contributed by atoms with Gasteiger partial charge in [-0.2, -0.15) is 11.8 Å². The fourth-order valence-electron chi connectivity index (χ4n) is 1.05. The number of methoxy groups -OCH3 is 1. The number of carbonyl (C=O) groups is 2. The van der Waals surface area contributed by atoms with Gasteiger partial charge in [-0.3, -0.25) is 9.59 Å². The molecule has 16 heavy (non-hydrogen) atoms. The monoisotopic (exact) mass is 248 g/mol. The highest BCUT2D eigenvalue weighted by molar-refractivity contribution is 7.98. The van der Waals surface area contributed by atoms with Crippen LogP contribution >= 0.6 is 11.8 Å². The molecule has 3 N–H and O–H groups in total. The predicted octanol–water partition coefficient (Wildman–Crippen LogP) is -0.00790. The smallest absolute Gasteiger partial charge is 0.310 e. The van der Waals surface area contributed by atoms with Crippen LogP contribution in [0.3, 0.4) is 0 Å². The van der Waals surface area contributed by atoms with E-state index in [-0.39, 0.29) is 24.3 Å². The van der Waals surface area contributed by atoms with Crippen molar-refractivity contribution in [2.75, 3.05) is 25.7 Å². The lowest BCUT2D eigenvalue weighted by molar-refractivity contribution is -0.144. The van der Waals surface area contributed by atoms with Gasteiger partial charge in [-0.15, -0.1) is 0 Å². The van der Waals surface area contributed by atoms with E-state index in [4.69, 9.17) is 5.73 Å². The number of ether oxygens (including phenoxy) is 1. The fraction of sp³-hybridized carbons (Fsp3) is 0.800. The fourth-order valence-corrected chi connectivity index (χ4v) is 1.53. The highest BCUT2D eigenvalue weighted by Crippen LogP contribution is 2.00. The Bertz CT molecular complexity index is 236. The normalized spacial score (nSPS) is 14.0. The van der Waals surface area contributed by atoms with Gasteiger partial charge in [0, 0.05) is 6.54 Å². The van der Waals surface area contributed by atoms with Crippen molar-refractivity contribution in [1.29, 1.82) is 0 Å². The van der Waals surface area contributed by atoms with Crippen LogP contribution in [0.15, 0.2) is 0 Å². The molecular weight excluding hydrogens is 228 g/mol. The Labute approximate surface area is 100 Å². The molecule has 0 aromatic rings. The third-order valence-electron chi connectivity index (χ3n) is 2.16. The van der Waals surface area contributed by atoms with E-state index >= 15 is 0 Å². The molecule has 0 spiro atoms. The van der Waals surface area contributed by atoms with Crippen molar-refractivity contribution in [1.82, 2.24) is 5.32 Å². The second-order valence-corrected chi connectivity index (χ2v) is 4.54. The van der Waals surface area contributed by atoms with Gasteiger partial charge >= 0.3 is 5.97 Å². The van der Waals surface area contributed by atoms with E-state index in [1.165, 1.54) is 7.11 Å². The van der Waals surface area contributed by atoms with Gasteiger partial charge in [-0.1, -0.05) is 6.92 Å². The summed E-state index contributed by atoms with van der Waals surface area (Å²) in [7, 11) is 1.32. The summed E-state index contributed by atoms with van der Waals surface area (Å²) >= 11 is 1.65. The Hall–Kier alpha value is -0.750. The van der Waals surface area contributed by atoms with Crippen molar-refractivity contribution < 1.29 is 14.3 Å². The summed E-state index contributed by atoms with van der Waals surface area (Å²) in [5.41, 5.74) is 5.66. The third-order valence-corrected chi connectivity index (χ3v) is 2.80. The first-order valence-corrected chi connectivity index (χ1v) is 6.52. The molecule has 2 atom stereocenters. The van der Waals surface area contributed by atoms with Crippen LogP contribution in [0.25, 0.3) is 0 Å². The lowest BCUT2D eigenvalue weighted by Gasteiger charge is -2.14. The molecule has 0 saturated carbocycles. The van der Waals surface area contributed by atoms with Gasteiger partial charge in [-0.05, 0) is 18.4 Å². The van der Waals surface area contributed by atoms with E-state index in [2.05, 4.69) is 10.1 Å². The van der Waals surface area contributed by atoms with E-state index in [9.17, 15) is 9.59 Å². The van der Waals surface area contributed by atoms with Crippen LogP contribution in [0.5, 0.6) is 0 Å². The minimum atomic E-state index is -0.503. The van der Waals surface area contributed by atoms with Gasteiger partial charge in [0.15, 0.2) is 0 Å². The van der Waals surface area contributed by atoms with Crippen LogP contribution in [0, 0.1) is 5.92 Å². The lowest BCUT2D eigenvalue weighted by atomic mass is 10.1. The molecule has 5 nitrogen and oxygen atoms in total. The van der Waals surface area contributed by atoms with Crippen molar-refractivity contribution in [3.05, 3.63) is 0 Å². The molecule has 0 rings (SSSR count). The highest BCUT2D eigenvalue weighted by atomic mass is 32.2. The lowest BCUT2D eigenvalue weighted by Crippen LogP contribution is -2.43. The molecule has 0 bridgehead atoms. The summed E-state index contributed by atoms with van der Waals surface area (Å²) in [5.74, 6) is -0.0503. The second kappa shape index (κ2) is 8.41. The van der Waals surface area contributed by atoms with Gasteiger partial charge < -0.3 is 15.8 Å². The van der Waals surface area contributed by atoms with Crippen molar-refractivity contribution in [3.63, 3.8) is 0 Å². The van der Waals surface area contributed by atoms with Gasteiger partial charge in [0.2, 0.25) is 5.91 Å². The average molecular weight is 248 g/mol. The first kappa shape index (κ1) is 15.2. The van der Waals surface area contributed by atoms with E-state index in [0.29, 0.717) is 6.42 Å². The summed E-state index contributed by atoms with van der Waals surface area (Å²) in [6.07, 6.45) is 2.60. The van der Waals surface area contributed by atoms with Gasteiger partial charge in [0.1, 0.15) is 0 Å². The molecule has 0 heterocycles. The van der Waals surface area contributed by atoms with Crippen molar-refractivity contribution in [2.24, 2.45) is 11.7 Å². The Morgan fingerprint density at radius 2 is 2.12 bits per heavy atom. The molecule has 0 aliphatic heterocycles. The van der Waals surface area contributed by atoms with Crippen LogP contribution in [0.1, 0.15) is 13.3 Å². The molecule has 0 saturated heterocycles. The van der Waals surface area contributed by atoms with Crippen molar-refractivity contribution in [3.8, 4) is 0 Å². The van der Waals surface area contributed by atoms with Crippen LogP contribution in [-0.2, 0) is 14.3 Å². The number of rotatable bonds is 7. The SMILES string of the molecule is COC(=O)C(C)CNC(=O)[C@@H](N)CCSC. The number of amides is 1. The molecule has 0 aromatic heterocycles. The Kier molecular flexibility index (Phi) is 8.01. The second-order valence-electron chi connectivity index (χ2n) is 3.56. The maximum absolute atomic E-state index is 11.5. The largest absolute Gasteiger partial charge is 0.469 e. The number of hydrogen-bond acceptors (Lipinski definition) is 5. The van der Waals surface area contributed by atoms with E-state index < -0.39 is 6.04 Å². The minimum absolute atomic E-state index is 0.218. The maximum Gasteiger partial charge on any atom is 0.310 e. The van der Waals surface area contributed by atoms with Crippen LogP contribution in [-0.4, -0.2) is 43.6 Å². The third kappa shape index (κ3) is 5.97. The first-order valence-electron chi connectivity index (χ1n) is 5.13. The quantitative estimate of drug-likeness (QED) is 0.619. The molecule has 0 radical (unpaired) electrons. The molecule has 6 heteroatoms. The zero-order chi connectivity index (χ0) is 12.6. The number of nitrogens with two attached hydrogens (primary N) is 1. The standard InChI is InChI=1S/C10H20N2O3S/c1-7(10(14)15-2)6-12-9(13)8(11)4-5-16-3/h7-8H,4-6,11H2,1-3H3,(H,12,13)/t7?,8-/m0/s1. The highest BCUT2D eigenvalue weighted by Gasteiger charge is 2.17. The predicted molar refractivity (Wildman–Crippen MR) is 65.2 cm³/mol. The molecule has 94 valence electrons. The molecule has 0 fully saturated rings. The van der Waals surface area contributed by atoms with Crippen molar-refractivity contribution >= 4 is 23.6 Å². The molecule has 0 aromatic carbocycles. The summed E-state index contributed by atoms with van der Waals surface area (Å²) in [4.78, 5) is 22.5. The van der Waals surface area contributed by atoms with Crippen molar-refractivity contribution in [2.45, 2.75) is 19.4 Å². The molecule has 1 amide bonds.